The summed E-state index contributed by atoms with van der Waals surface area (Å²) in [5.41, 5.74) is 2.05. The summed E-state index contributed by atoms with van der Waals surface area (Å²) < 4.78 is 10.3. The van der Waals surface area contributed by atoms with Crippen molar-refractivity contribution in [3.8, 4) is 0 Å². The van der Waals surface area contributed by atoms with E-state index in [0.717, 1.165) is 11.1 Å². The molecule has 1 amide bonds. The van der Waals surface area contributed by atoms with Crippen LogP contribution in [0.15, 0.2) is 18.2 Å². The van der Waals surface area contributed by atoms with Crippen LogP contribution >= 0.6 is 0 Å². The largest absolute Gasteiger partial charge is 0.444 e. The second kappa shape index (κ2) is 8.11. The molecular formula is C18H27NO4. The Bertz CT molecular complexity index is 561. The molecule has 1 rings (SSSR count). The first kappa shape index (κ1) is 19.2. The topological polar surface area (TPSA) is 64.6 Å². The van der Waals surface area contributed by atoms with Gasteiger partial charge in [0.1, 0.15) is 5.60 Å². The lowest BCUT2D eigenvalue weighted by Crippen LogP contribution is -2.42. The van der Waals surface area contributed by atoms with Crippen LogP contribution < -0.4 is 5.32 Å². The van der Waals surface area contributed by atoms with Crippen molar-refractivity contribution in [3.05, 3.63) is 34.9 Å². The van der Waals surface area contributed by atoms with Gasteiger partial charge < -0.3 is 14.8 Å². The van der Waals surface area contributed by atoms with Gasteiger partial charge in [-0.3, -0.25) is 4.79 Å². The Balaban J connectivity index is 2.77. The van der Waals surface area contributed by atoms with Crippen molar-refractivity contribution >= 4 is 11.9 Å². The summed E-state index contributed by atoms with van der Waals surface area (Å²) in [5, 5.41) is 2.70. The highest BCUT2D eigenvalue weighted by Crippen LogP contribution is 2.14. The average molecular weight is 321 g/mol. The fourth-order valence-electron chi connectivity index (χ4n) is 2.20. The van der Waals surface area contributed by atoms with Crippen molar-refractivity contribution in [2.75, 3.05) is 13.7 Å². The van der Waals surface area contributed by atoms with E-state index in [1.54, 1.807) is 20.8 Å². The van der Waals surface area contributed by atoms with Crippen LogP contribution in [0.4, 0.5) is 4.79 Å². The van der Waals surface area contributed by atoms with Crippen LogP contribution in [0.5, 0.6) is 0 Å². The summed E-state index contributed by atoms with van der Waals surface area (Å²) in [5.74, 6) is -0.0238. The number of amides is 1. The SMILES string of the molecule is COCC(CC(=O)c1cc(C)ccc1C)NC(=O)OC(C)(C)C. The lowest BCUT2D eigenvalue weighted by Gasteiger charge is -2.23. The van der Waals surface area contributed by atoms with Gasteiger partial charge in [0, 0.05) is 19.1 Å². The molecule has 0 saturated heterocycles. The predicted octanol–water partition coefficient (Wildman–Crippen LogP) is 3.42. The zero-order chi connectivity index (χ0) is 17.6. The van der Waals surface area contributed by atoms with Gasteiger partial charge in [-0.2, -0.15) is 0 Å². The van der Waals surface area contributed by atoms with Crippen molar-refractivity contribution in [1.29, 1.82) is 0 Å². The summed E-state index contributed by atoms with van der Waals surface area (Å²) in [4.78, 5) is 24.4. The van der Waals surface area contributed by atoms with Crippen LogP contribution in [-0.2, 0) is 9.47 Å². The number of Topliss-reactive ketones (excluding diaryl/α,β-unsaturated/α-hetero) is 1. The fourth-order valence-corrected chi connectivity index (χ4v) is 2.20. The van der Waals surface area contributed by atoms with Crippen molar-refractivity contribution in [3.63, 3.8) is 0 Å². The number of hydrogen-bond acceptors (Lipinski definition) is 4. The maximum absolute atomic E-state index is 12.5. The Labute approximate surface area is 138 Å². The minimum Gasteiger partial charge on any atom is -0.444 e. The number of rotatable bonds is 6. The first-order valence-corrected chi connectivity index (χ1v) is 7.71. The number of alkyl carbamates (subject to hydrolysis) is 1. The molecule has 128 valence electrons. The van der Waals surface area contributed by atoms with Crippen molar-refractivity contribution < 1.29 is 19.1 Å². The van der Waals surface area contributed by atoms with Crippen LogP contribution in [0.25, 0.3) is 0 Å². The van der Waals surface area contributed by atoms with Crippen LogP contribution in [0.3, 0.4) is 0 Å². The van der Waals surface area contributed by atoms with Crippen molar-refractivity contribution in [2.45, 2.75) is 52.7 Å². The number of nitrogens with one attached hydrogen (secondary N) is 1. The number of hydrogen-bond donors (Lipinski definition) is 1. The molecule has 23 heavy (non-hydrogen) atoms. The quantitative estimate of drug-likeness (QED) is 0.815. The van der Waals surface area contributed by atoms with Crippen LogP contribution in [0.1, 0.15) is 48.7 Å². The summed E-state index contributed by atoms with van der Waals surface area (Å²) in [6.07, 6.45) is -0.384. The van der Waals surface area contributed by atoms with E-state index in [1.807, 2.05) is 32.0 Å². The molecule has 0 radical (unpaired) electrons. The first-order valence-electron chi connectivity index (χ1n) is 7.71. The number of benzene rings is 1. The van der Waals surface area contributed by atoms with Gasteiger partial charge in [-0.25, -0.2) is 4.79 Å². The van der Waals surface area contributed by atoms with Gasteiger partial charge >= 0.3 is 6.09 Å². The maximum atomic E-state index is 12.5. The van der Waals surface area contributed by atoms with E-state index in [4.69, 9.17) is 9.47 Å². The van der Waals surface area contributed by atoms with Crippen LogP contribution in [-0.4, -0.2) is 37.2 Å². The molecule has 0 aliphatic carbocycles. The van der Waals surface area contributed by atoms with Crippen LogP contribution in [0.2, 0.25) is 0 Å². The number of methoxy groups -OCH3 is 1. The predicted molar refractivity (Wildman–Crippen MR) is 89.9 cm³/mol. The Kier molecular flexibility index (Phi) is 6.76. The molecule has 1 aromatic rings. The molecule has 0 aliphatic heterocycles. The van der Waals surface area contributed by atoms with E-state index in [-0.39, 0.29) is 18.8 Å². The van der Waals surface area contributed by atoms with Gasteiger partial charge in [0.15, 0.2) is 5.78 Å². The third-order valence-electron chi connectivity index (χ3n) is 3.21. The van der Waals surface area contributed by atoms with E-state index in [0.29, 0.717) is 5.56 Å². The van der Waals surface area contributed by atoms with Gasteiger partial charge in [0.05, 0.1) is 12.6 Å². The summed E-state index contributed by atoms with van der Waals surface area (Å²) in [7, 11) is 1.53. The monoisotopic (exact) mass is 321 g/mol. The Morgan fingerprint density at radius 3 is 2.43 bits per heavy atom. The molecule has 0 heterocycles. The van der Waals surface area contributed by atoms with Gasteiger partial charge in [-0.05, 0) is 46.2 Å². The lowest BCUT2D eigenvalue weighted by atomic mass is 9.98. The molecule has 1 atom stereocenters. The molecule has 0 spiro atoms. The molecular weight excluding hydrogens is 294 g/mol. The highest BCUT2D eigenvalue weighted by molar-refractivity contribution is 5.98. The minimum absolute atomic E-state index is 0.0238. The van der Waals surface area contributed by atoms with E-state index in [9.17, 15) is 9.59 Å². The second-order valence-electron chi connectivity index (χ2n) is 6.74. The Morgan fingerprint density at radius 1 is 1.22 bits per heavy atom. The Morgan fingerprint density at radius 2 is 1.87 bits per heavy atom. The minimum atomic E-state index is -0.584. The summed E-state index contributed by atoms with van der Waals surface area (Å²) in [6, 6.07) is 5.34. The molecule has 5 nitrogen and oxygen atoms in total. The molecule has 1 unspecified atom stereocenters. The Hall–Kier alpha value is -1.88. The number of ketones is 1. The third-order valence-corrected chi connectivity index (χ3v) is 3.21. The van der Waals surface area contributed by atoms with E-state index >= 15 is 0 Å². The standard InChI is InChI=1S/C18H27NO4/c1-12-7-8-13(2)15(9-12)16(20)10-14(11-22-6)19-17(21)23-18(3,4)5/h7-9,14H,10-11H2,1-6H3,(H,19,21). The maximum Gasteiger partial charge on any atom is 0.407 e. The van der Waals surface area contributed by atoms with Crippen LogP contribution in [0, 0.1) is 13.8 Å². The van der Waals surface area contributed by atoms with Gasteiger partial charge in [-0.1, -0.05) is 17.7 Å². The highest BCUT2D eigenvalue weighted by Gasteiger charge is 2.22. The van der Waals surface area contributed by atoms with E-state index in [2.05, 4.69) is 5.32 Å². The number of carbonyl (C=O) groups excluding carboxylic acids is 2. The molecule has 0 fully saturated rings. The second-order valence-corrected chi connectivity index (χ2v) is 6.74. The third kappa shape index (κ3) is 6.82. The number of aryl methyl sites for hydroxylation is 2. The molecule has 0 bridgehead atoms. The molecule has 0 saturated carbocycles. The van der Waals surface area contributed by atoms with Crippen molar-refractivity contribution in [2.24, 2.45) is 0 Å². The number of ether oxygens (including phenoxy) is 2. The summed E-state index contributed by atoms with van der Waals surface area (Å²) in [6.45, 7) is 9.47. The first-order chi connectivity index (χ1) is 10.6. The molecule has 5 heteroatoms. The highest BCUT2D eigenvalue weighted by atomic mass is 16.6. The smallest absolute Gasteiger partial charge is 0.407 e. The number of carbonyl (C=O) groups is 2. The fraction of sp³-hybridized carbons (Fsp3) is 0.556. The van der Waals surface area contributed by atoms with Gasteiger partial charge in [-0.15, -0.1) is 0 Å². The zero-order valence-electron chi connectivity index (χ0n) is 14.9. The molecule has 1 aromatic carbocycles. The lowest BCUT2D eigenvalue weighted by molar-refractivity contribution is 0.0464. The molecule has 0 aliphatic rings. The van der Waals surface area contributed by atoms with Gasteiger partial charge in [0.2, 0.25) is 0 Å². The zero-order valence-corrected chi connectivity index (χ0v) is 14.9. The summed E-state index contributed by atoms with van der Waals surface area (Å²) >= 11 is 0. The van der Waals surface area contributed by atoms with Crippen molar-refractivity contribution in [1.82, 2.24) is 5.32 Å². The van der Waals surface area contributed by atoms with Gasteiger partial charge in [0.25, 0.3) is 0 Å². The molecule has 1 N–H and O–H groups in total. The average Bonchev–Trinajstić information content (AvgIpc) is 2.39. The van der Waals surface area contributed by atoms with E-state index in [1.165, 1.54) is 7.11 Å². The molecule has 0 aromatic heterocycles. The normalized spacial score (nSPS) is 12.6. The van der Waals surface area contributed by atoms with E-state index < -0.39 is 17.7 Å².